The number of methoxy groups -OCH3 is 1. The minimum Gasteiger partial charge on any atom is -0.497 e. The predicted molar refractivity (Wildman–Crippen MR) is 125 cm³/mol. The minimum absolute atomic E-state index is 0.191. The summed E-state index contributed by atoms with van der Waals surface area (Å²) < 4.78 is 5.18. The molecule has 0 aliphatic carbocycles. The van der Waals surface area contributed by atoms with Crippen LogP contribution in [0.3, 0.4) is 0 Å². The van der Waals surface area contributed by atoms with Gasteiger partial charge in [0.25, 0.3) is 0 Å². The van der Waals surface area contributed by atoms with Gasteiger partial charge in [-0.1, -0.05) is 30.3 Å². The quantitative estimate of drug-likeness (QED) is 0.358. The Bertz CT molecular complexity index is 1150. The summed E-state index contributed by atoms with van der Waals surface area (Å²) in [5, 5.41) is 7.47. The number of aromatic nitrogens is 1. The number of hydrogen-bond donors (Lipinski definition) is 1. The molecule has 0 saturated carbocycles. The van der Waals surface area contributed by atoms with Gasteiger partial charge in [0.05, 0.1) is 12.8 Å². The number of nitrogens with zero attached hydrogens (tertiary/aromatic N) is 1. The fraction of sp³-hybridized carbons (Fsp3) is 0.0833. The van der Waals surface area contributed by atoms with Gasteiger partial charge in [0, 0.05) is 21.9 Å². The SMILES string of the molecule is COc1ccc(-c2csc(NC(=O)C=Cc3cc(Cc4ccccc4)cs3)n2)cc1. The maximum absolute atomic E-state index is 12.3. The van der Waals surface area contributed by atoms with Crippen molar-refractivity contribution in [3.63, 3.8) is 0 Å². The molecule has 0 aliphatic rings. The highest BCUT2D eigenvalue weighted by Gasteiger charge is 2.07. The molecular formula is C24H20N2O2S2. The van der Waals surface area contributed by atoms with Crippen LogP contribution in [0, 0.1) is 0 Å². The number of benzene rings is 2. The summed E-state index contributed by atoms with van der Waals surface area (Å²) in [6.45, 7) is 0. The number of amides is 1. The third kappa shape index (κ3) is 5.23. The van der Waals surface area contributed by atoms with E-state index in [9.17, 15) is 4.79 Å². The van der Waals surface area contributed by atoms with Gasteiger partial charge in [0.2, 0.25) is 5.91 Å². The lowest BCUT2D eigenvalue weighted by molar-refractivity contribution is -0.111. The van der Waals surface area contributed by atoms with Crippen molar-refractivity contribution in [3.8, 4) is 17.0 Å². The van der Waals surface area contributed by atoms with Gasteiger partial charge >= 0.3 is 0 Å². The average Bonchev–Trinajstić information content (AvgIpc) is 3.43. The van der Waals surface area contributed by atoms with E-state index in [1.165, 1.54) is 22.5 Å². The third-order valence-corrected chi connectivity index (χ3v) is 6.15. The Kier molecular flexibility index (Phi) is 6.37. The van der Waals surface area contributed by atoms with E-state index >= 15 is 0 Å². The largest absolute Gasteiger partial charge is 0.497 e. The molecule has 30 heavy (non-hydrogen) atoms. The first kappa shape index (κ1) is 20.1. The molecule has 4 nitrogen and oxygen atoms in total. The molecule has 0 atom stereocenters. The number of nitrogens with one attached hydrogen (secondary N) is 1. The summed E-state index contributed by atoms with van der Waals surface area (Å²) in [4.78, 5) is 17.8. The van der Waals surface area contributed by atoms with Crippen LogP contribution in [-0.4, -0.2) is 18.0 Å². The lowest BCUT2D eigenvalue weighted by atomic mass is 10.1. The molecule has 1 N–H and O–H groups in total. The molecule has 4 rings (SSSR count). The number of thiophene rings is 1. The van der Waals surface area contributed by atoms with E-state index in [1.807, 2.05) is 53.9 Å². The number of hydrogen-bond acceptors (Lipinski definition) is 5. The highest BCUT2D eigenvalue weighted by atomic mass is 32.1. The molecule has 0 aliphatic heterocycles. The molecule has 0 unspecified atom stereocenters. The molecule has 2 aromatic heterocycles. The second-order valence-electron chi connectivity index (χ2n) is 6.61. The van der Waals surface area contributed by atoms with Crippen molar-refractivity contribution in [2.45, 2.75) is 6.42 Å². The first-order valence-electron chi connectivity index (χ1n) is 9.40. The monoisotopic (exact) mass is 432 g/mol. The van der Waals surface area contributed by atoms with E-state index in [1.54, 1.807) is 24.5 Å². The molecular weight excluding hydrogens is 412 g/mol. The average molecular weight is 433 g/mol. The Labute approximate surface area is 183 Å². The molecule has 0 bridgehead atoms. The lowest BCUT2D eigenvalue weighted by Gasteiger charge is -2.00. The molecule has 150 valence electrons. The Morgan fingerprint density at radius 1 is 1.03 bits per heavy atom. The van der Waals surface area contributed by atoms with Gasteiger partial charge < -0.3 is 4.74 Å². The number of ether oxygens (including phenoxy) is 1. The van der Waals surface area contributed by atoms with E-state index in [4.69, 9.17) is 4.74 Å². The number of anilines is 1. The fourth-order valence-electron chi connectivity index (χ4n) is 2.94. The van der Waals surface area contributed by atoms with Gasteiger partial charge in [-0.15, -0.1) is 22.7 Å². The molecule has 1 amide bonds. The van der Waals surface area contributed by atoms with Crippen molar-refractivity contribution in [3.05, 3.63) is 93.5 Å². The lowest BCUT2D eigenvalue weighted by Crippen LogP contribution is -2.07. The van der Waals surface area contributed by atoms with Crippen LogP contribution in [0.15, 0.2) is 77.5 Å². The molecule has 0 fully saturated rings. The fourth-order valence-corrected chi connectivity index (χ4v) is 4.46. The van der Waals surface area contributed by atoms with E-state index in [-0.39, 0.29) is 5.91 Å². The molecule has 2 aromatic carbocycles. The number of carbonyl (C=O) groups excluding carboxylic acids is 1. The van der Waals surface area contributed by atoms with Crippen LogP contribution in [0.4, 0.5) is 5.13 Å². The molecule has 0 radical (unpaired) electrons. The van der Waals surface area contributed by atoms with Gasteiger partial charge in [0.15, 0.2) is 5.13 Å². The zero-order valence-electron chi connectivity index (χ0n) is 16.4. The summed E-state index contributed by atoms with van der Waals surface area (Å²) in [6.07, 6.45) is 4.28. The standard InChI is InChI=1S/C24H20N2O2S2/c1-28-20-9-7-19(8-10-20)22-16-30-24(25-22)26-23(27)12-11-21-14-18(15-29-21)13-17-5-3-2-4-6-17/h2-12,14-16H,13H2,1H3,(H,25,26,27). The normalized spacial score (nSPS) is 11.0. The smallest absolute Gasteiger partial charge is 0.250 e. The number of rotatable bonds is 7. The Morgan fingerprint density at radius 3 is 2.60 bits per heavy atom. The maximum atomic E-state index is 12.3. The molecule has 4 aromatic rings. The Morgan fingerprint density at radius 2 is 1.83 bits per heavy atom. The molecule has 0 saturated heterocycles. The number of carbonyl (C=O) groups is 1. The van der Waals surface area contributed by atoms with Gasteiger partial charge in [-0.3, -0.25) is 10.1 Å². The summed E-state index contributed by atoms with van der Waals surface area (Å²) in [7, 11) is 1.64. The van der Waals surface area contributed by atoms with Crippen LogP contribution in [-0.2, 0) is 11.2 Å². The van der Waals surface area contributed by atoms with Gasteiger partial charge in [0.1, 0.15) is 5.75 Å². The highest BCUT2D eigenvalue weighted by Crippen LogP contribution is 2.26. The summed E-state index contributed by atoms with van der Waals surface area (Å²) in [5.41, 5.74) is 4.33. The Balaban J connectivity index is 1.34. The third-order valence-electron chi connectivity index (χ3n) is 4.44. The van der Waals surface area contributed by atoms with Gasteiger partial charge in [-0.25, -0.2) is 4.98 Å². The number of thiazole rings is 1. The zero-order chi connectivity index (χ0) is 20.8. The van der Waals surface area contributed by atoms with Crippen molar-refractivity contribution < 1.29 is 9.53 Å². The molecule has 2 heterocycles. The van der Waals surface area contributed by atoms with E-state index in [0.29, 0.717) is 5.13 Å². The van der Waals surface area contributed by atoms with Crippen molar-refractivity contribution in [2.75, 3.05) is 12.4 Å². The van der Waals surface area contributed by atoms with E-state index in [2.05, 4.69) is 33.9 Å². The topological polar surface area (TPSA) is 51.2 Å². The second-order valence-corrected chi connectivity index (χ2v) is 8.41. The summed E-state index contributed by atoms with van der Waals surface area (Å²) in [6, 6.07) is 20.2. The van der Waals surface area contributed by atoms with Crippen molar-refractivity contribution in [1.29, 1.82) is 0 Å². The Hall–Kier alpha value is -3.22. The zero-order valence-corrected chi connectivity index (χ0v) is 18.0. The van der Waals surface area contributed by atoms with Crippen LogP contribution < -0.4 is 10.1 Å². The van der Waals surface area contributed by atoms with Crippen molar-refractivity contribution >= 4 is 39.8 Å². The first-order valence-corrected chi connectivity index (χ1v) is 11.2. The van der Waals surface area contributed by atoms with E-state index in [0.717, 1.165) is 28.3 Å². The first-order chi connectivity index (χ1) is 14.7. The van der Waals surface area contributed by atoms with Gasteiger partial charge in [-0.05, 0) is 59.3 Å². The van der Waals surface area contributed by atoms with Crippen LogP contribution in [0.1, 0.15) is 16.0 Å². The predicted octanol–water partition coefficient (Wildman–Crippen LogP) is 6.12. The van der Waals surface area contributed by atoms with Gasteiger partial charge in [-0.2, -0.15) is 0 Å². The van der Waals surface area contributed by atoms with Crippen LogP contribution in [0.25, 0.3) is 17.3 Å². The molecule has 0 spiro atoms. The van der Waals surface area contributed by atoms with Crippen LogP contribution in [0.2, 0.25) is 0 Å². The van der Waals surface area contributed by atoms with Crippen molar-refractivity contribution in [2.24, 2.45) is 0 Å². The second kappa shape index (κ2) is 9.52. The molecule has 6 heteroatoms. The highest BCUT2D eigenvalue weighted by molar-refractivity contribution is 7.14. The summed E-state index contributed by atoms with van der Waals surface area (Å²) in [5.74, 6) is 0.608. The minimum atomic E-state index is -0.191. The van der Waals surface area contributed by atoms with Crippen LogP contribution >= 0.6 is 22.7 Å². The maximum Gasteiger partial charge on any atom is 0.250 e. The van der Waals surface area contributed by atoms with E-state index < -0.39 is 0 Å². The van der Waals surface area contributed by atoms with Crippen LogP contribution in [0.5, 0.6) is 5.75 Å². The van der Waals surface area contributed by atoms with Crippen molar-refractivity contribution in [1.82, 2.24) is 4.98 Å². The summed E-state index contributed by atoms with van der Waals surface area (Å²) >= 11 is 3.04.